The van der Waals surface area contributed by atoms with Crippen LogP contribution in [0.1, 0.15) is 16.1 Å². The highest BCUT2D eigenvalue weighted by atomic mass is 19.2. The van der Waals surface area contributed by atoms with Gasteiger partial charge in [0.05, 0.1) is 0 Å². The number of anilines is 3. The quantitative estimate of drug-likeness (QED) is 0.752. The molecule has 25 heavy (non-hydrogen) atoms. The fraction of sp³-hybridized carbons (Fsp3) is 0.0556. The Morgan fingerprint density at radius 1 is 1.00 bits per heavy atom. The minimum atomic E-state index is -0.988. The molecule has 0 saturated heterocycles. The lowest BCUT2D eigenvalue weighted by Gasteiger charge is -2.08. The van der Waals surface area contributed by atoms with Crippen LogP contribution in [0.5, 0.6) is 0 Å². The third-order valence-corrected chi connectivity index (χ3v) is 3.34. The molecular formula is C18H14F2N4O. The predicted octanol–water partition coefficient (Wildman–Crippen LogP) is 4.06. The highest BCUT2D eigenvalue weighted by Gasteiger charge is 2.10. The van der Waals surface area contributed by atoms with E-state index in [4.69, 9.17) is 0 Å². The number of carbonyl (C=O) groups excluding carboxylic acids is 1. The number of benzene rings is 2. The molecule has 0 saturated carbocycles. The summed E-state index contributed by atoms with van der Waals surface area (Å²) in [5, 5.41) is 5.47. The lowest BCUT2D eigenvalue weighted by molar-refractivity contribution is 0.102. The van der Waals surface area contributed by atoms with Crippen molar-refractivity contribution in [1.82, 2.24) is 9.97 Å². The molecule has 1 heterocycles. The maximum absolute atomic E-state index is 13.2. The number of hydrogen-bond donors (Lipinski definition) is 2. The van der Waals surface area contributed by atoms with Crippen molar-refractivity contribution in [3.8, 4) is 0 Å². The van der Waals surface area contributed by atoms with E-state index in [1.807, 2.05) is 25.1 Å². The van der Waals surface area contributed by atoms with Crippen molar-refractivity contribution in [2.75, 3.05) is 10.6 Å². The summed E-state index contributed by atoms with van der Waals surface area (Å²) in [4.78, 5) is 20.4. The van der Waals surface area contributed by atoms with Gasteiger partial charge in [0.15, 0.2) is 11.6 Å². The topological polar surface area (TPSA) is 66.9 Å². The number of hydrogen-bond acceptors (Lipinski definition) is 4. The van der Waals surface area contributed by atoms with Crippen LogP contribution in [-0.2, 0) is 0 Å². The van der Waals surface area contributed by atoms with Gasteiger partial charge in [-0.2, -0.15) is 0 Å². The van der Waals surface area contributed by atoms with Gasteiger partial charge in [-0.05, 0) is 42.8 Å². The first-order chi connectivity index (χ1) is 12.0. The van der Waals surface area contributed by atoms with E-state index in [0.29, 0.717) is 5.69 Å². The molecule has 3 rings (SSSR count). The Balaban J connectivity index is 1.76. The van der Waals surface area contributed by atoms with E-state index in [1.54, 1.807) is 6.07 Å². The SMILES string of the molecule is Cc1cccc(NC(=O)c2ccnc(Nc3ccc(F)c(F)c3)n2)c1. The summed E-state index contributed by atoms with van der Waals surface area (Å²) < 4.78 is 26.2. The van der Waals surface area contributed by atoms with Crippen LogP contribution in [0.25, 0.3) is 0 Å². The van der Waals surface area contributed by atoms with Crippen molar-refractivity contribution >= 4 is 23.2 Å². The van der Waals surface area contributed by atoms with Gasteiger partial charge in [0.2, 0.25) is 5.95 Å². The second kappa shape index (κ2) is 7.04. The highest BCUT2D eigenvalue weighted by molar-refractivity contribution is 6.03. The first kappa shape index (κ1) is 16.5. The van der Waals surface area contributed by atoms with Crippen LogP contribution in [0.15, 0.2) is 54.7 Å². The first-order valence-electron chi connectivity index (χ1n) is 7.44. The minimum absolute atomic E-state index is 0.0999. The average molecular weight is 340 g/mol. The largest absolute Gasteiger partial charge is 0.324 e. The summed E-state index contributed by atoms with van der Waals surface area (Å²) in [6, 6.07) is 12.1. The molecule has 0 bridgehead atoms. The molecule has 1 amide bonds. The molecule has 0 radical (unpaired) electrons. The van der Waals surface area contributed by atoms with Crippen LogP contribution in [0, 0.1) is 18.6 Å². The molecule has 0 spiro atoms. The first-order valence-corrected chi connectivity index (χ1v) is 7.44. The Hall–Kier alpha value is -3.35. The van der Waals surface area contributed by atoms with E-state index in [1.165, 1.54) is 18.3 Å². The maximum Gasteiger partial charge on any atom is 0.274 e. The summed E-state index contributed by atoms with van der Waals surface area (Å²) in [7, 11) is 0. The van der Waals surface area contributed by atoms with Gasteiger partial charge in [0, 0.05) is 23.6 Å². The minimum Gasteiger partial charge on any atom is -0.324 e. The molecule has 7 heteroatoms. The molecular weight excluding hydrogens is 326 g/mol. The molecule has 0 aliphatic rings. The van der Waals surface area contributed by atoms with Gasteiger partial charge in [-0.15, -0.1) is 0 Å². The van der Waals surface area contributed by atoms with Gasteiger partial charge >= 0.3 is 0 Å². The van der Waals surface area contributed by atoms with Crippen molar-refractivity contribution < 1.29 is 13.6 Å². The molecule has 126 valence electrons. The number of amides is 1. The van der Waals surface area contributed by atoms with Crippen molar-refractivity contribution in [3.05, 3.63) is 77.6 Å². The van der Waals surface area contributed by atoms with Gasteiger partial charge in [0.1, 0.15) is 5.69 Å². The van der Waals surface area contributed by atoms with Crippen LogP contribution in [-0.4, -0.2) is 15.9 Å². The zero-order valence-electron chi connectivity index (χ0n) is 13.3. The van der Waals surface area contributed by atoms with Crippen LogP contribution >= 0.6 is 0 Å². The van der Waals surface area contributed by atoms with E-state index in [-0.39, 0.29) is 17.3 Å². The van der Waals surface area contributed by atoms with Crippen molar-refractivity contribution in [2.24, 2.45) is 0 Å². The van der Waals surface area contributed by atoms with Crippen molar-refractivity contribution in [3.63, 3.8) is 0 Å². The van der Waals surface area contributed by atoms with E-state index < -0.39 is 17.5 Å². The van der Waals surface area contributed by atoms with E-state index in [2.05, 4.69) is 20.6 Å². The highest BCUT2D eigenvalue weighted by Crippen LogP contribution is 2.17. The van der Waals surface area contributed by atoms with E-state index in [9.17, 15) is 13.6 Å². The van der Waals surface area contributed by atoms with Crippen LogP contribution < -0.4 is 10.6 Å². The number of carbonyl (C=O) groups is 1. The number of nitrogens with one attached hydrogen (secondary N) is 2. The molecule has 2 aromatic carbocycles. The van der Waals surface area contributed by atoms with Crippen LogP contribution in [0.2, 0.25) is 0 Å². The number of nitrogens with zero attached hydrogens (tertiary/aromatic N) is 2. The normalized spacial score (nSPS) is 10.4. The van der Waals surface area contributed by atoms with Gasteiger partial charge in [-0.25, -0.2) is 18.7 Å². The van der Waals surface area contributed by atoms with Gasteiger partial charge < -0.3 is 10.6 Å². The van der Waals surface area contributed by atoms with Crippen LogP contribution in [0.3, 0.4) is 0 Å². The molecule has 0 aliphatic carbocycles. The smallest absolute Gasteiger partial charge is 0.274 e. The average Bonchev–Trinajstić information content (AvgIpc) is 2.58. The second-order valence-electron chi connectivity index (χ2n) is 5.34. The molecule has 5 nitrogen and oxygen atoms in total. The Labute approximate surface area is 142 Å². The Bertz CT molecular complexity index is 930. The standard InChI is InChI=1S/C18H14F2N4O/c1-11-3-2-4-12(9-11)22-17(25)16-7-8-21-18(24-16)23-13-5-6-14(19)15(20)10-13/h2-10H,1H3,(H,22,25)(H,21,23,24). The molecule has 1 aromatic heterocycles. The summed E-state index contributed by atoms with van der Waals surface area (Å²) in [5.74, 6) is -2.24. The van der Waals surface area contributed by atoms with Crippen molar-refractivity contribution in [1.29, 1.82) is 0 Å². The predicted molar refractivity (Wildman–Crippen MR) is 90.8 cm³/mol. The molecule has 0 aliphatic heterocycles. The summed E-state index contributed by atoms with van der Waals surface area (Å²) in [6.45, 7) is 1.92. The van der Waals surface area contributed by atoms with E-state index in [0.717, 1.165) is 17.7 Å². The monoisotopic (exact) mass is 340 g/mol. The van der Waals surface area contributed by atoms with Gasteiger partial charge in [-0.1, -0.05) is 12.1 Å². The summed E-state index contributed by atoms with van der Waals surface area (Å²) in [6.07, 6.45) is 1.40. The fourth-order valence-corrected chi connectivity index (χ4v) is 2.17. The second-order valence-corrected chi connectivity index (χ2v) is 5.34. The van der Waals surface area contributed by atoms with E-state index >= 15 is 0 Å². The molecule has 0 atom stereocenters. The zero-order chi connectivity index (χ0) is 17.8. The molecule has 3 aromatic rings. The fourth-order valence-electron chi connectivity index (χ4n) is 2.17. The Morgan fingerprint density at radius 2 is 1.84 bits per heavy atom. The van der Waals surface area contributed by atoms with Gasteiger partial charge in [0.25, 0.3) is 5.91 Å². The third kappa shape index (κ3) is 4.14. The molecule has 0 unspecified atom stereocenters. The van der Waals surface area contributed by atoms with Crippen molar-refractivity contribution in [2.45, 2.75) is 6.92 Å². The Morgan fingerprint density at radius 3 is 2.60 bits per heavy atom. The number of aryl methyl sites for hydroxylation is 1. The third-order valence-electron chi connectivity index (χ3n) is 3.34. The molecule has 2 N–H and O–H groups in total. The van der Waals surface area contributed by atoms with Gasteiger partial charge in [-0.3, -0.25) is 4.79 Å². The summed E-state index contributed by atoms with van der Waals surface area (Å²) >= 11 is 0. The number of aromatic nitrogens is 2. The number of halogens is 2. The maximum atomic E-state index is 13.2. The lowest BCUT2D eigenvalue weighted by atomic mass is 10.2. The lowest BCUT2D eigenvalue weighted by Crippen LogP contribution is -2.14. The Kier molecular flexibility index (Phi) is 4.65. The number of rotatable bonds is 4. The van der Waals surface area contributed by atoms with Crippen LogP contribution in [0.4, 0.5) is 26.1 Å². The molecule has 0 fully saturated rings. The summed E-state index contributed by atoms with van der Waals surface area (Å²) in [5.41, 5.74) is 2.08. The zero-order valence-corrected chi connectivity index (χ0v) is 13.3.